The number of aliphatic carboxylic acids is 1. The number of H-pyrrole nitrogens is 1. The van der Waals surface area contributed by atoms with Gasteiger partial charge < -0.3 is 24.1 Å². The average molecular weight is 530 g/mol. The molecule has 14 heteroatoms. The van der Waals surface area contributed by atoms with Crippen molar-refractivity contribution in [2.24, 2.45) is 0 Å². The Kier molecular flexibility index (Phi) is 8.33. The predicted molar refractivity (Wildman–Crippen MR) is 130 cm³/mol. The number of hydrogen-bond donors (Lipinski definition) is 3. The van der Waals surface area contributed by atoms with Crippen LogP contribution < -0.4 is 15.6 Å². The van der Waals surface area contributed by atoms with Gasteiger partial charge in [0.2, 0.25) is 5.95 Å². The monoisotopic (exact) mass is 529 g/mol. The Morgan fingerprint density at radius 2 is 1.95 bits per heavy atom. The molecule has 0 bridgehead atoms. The molecule has 3 aromatic rings. The summed E-state index contributed by atoms with van der Waals surface area (Å²) in [6, 6.07) is 8.75. The molecule has 1 aliphatic heterocycles. The summed E-state index contributed by atoms with van der Waals surface area (Å²) in [6.45, 7) is 1.52. The van der Waals surface area contributed by atoms with Crippen molar-refractivity contribution >= 4 is 35.0 Å². The van der Waals surface area contributed by atoms with E-state index in [4.69, 9.17) is 24.1 Å². The number of benzene rings is 1. The molecule has 14 nitrogen and oxygen atoms in total. The number of ether oxygens (including phenoxy) is 4. The summed E-state index contributed by atoms with van der Waals surface area (Å²) in [5.74, 6) is -1.98. The number of carbonyl (C=O) groups is 3. The van der Waals surface area contributed by atoms with Gasteiger partial charge in [-0.05, 0) is 18.6 Å². The van der Waals surface area contributed by atoms with Crippen LogP contribution in [-0.4, -0.2) is 74.5 Å². The molecule has 1 fully saturated rings. The van der Waals surface area contributed by atoms with Crippen LogP contribution in [0.1, 0.15) is 32.4 Å². The highest BCUT2D eigenvalue weighted by Gasteiger charge is 2.48. The average Bonchev–Trinajstić information content (AvgIpc) is 3.47. The van der Waals surface area contributed by atoms with Crippen LogP contribution in [0.2, 0.25) is 0 Å². The summed E-state index contributed by atoms with van der Waals surface area (Å²) in [5, 5.41) is 11.3. The minimum Gasteiger partial charge on any atom is -0.484 e. The molecule has 1 aromatic carbocycles. The number of aromatic nitrogens is 4. The van der Waals surface area contributed by atoms with Gasteiger partial charge in [0, 0.05) is 7.11 Å². The molecule has 202 valence electrons. The van der Waals surface area contributed by atoms with E-state index in [-0.39, 0.29) is 36.6 Å². The second kappa shape index (κ2) is 11.8. The van der Waals surface area contributed by atoms with Gasteiger partial charge in [-0.2, -0.15) is 4.98 Å². The lowest BCUT2D eigenvalue weighted by molar-refractivity contribution is -0.158. The lowest BCUT2D eigenvalue weighted by atomic mass is 10.1. The van der Waals surface area contributed by atoms with Crippen LogP contribution in [0, 0.1) is 0 Å². The number of carboxylic acids is 1. The van der Waals surface area contributed by atoms with Crippen molar-refractivity contribution in [2.75, 3.05) is 19.0 Å². The molecular weight excluding hydrogens is 502 g/mol. The van der Waals surface area contributed by atoms with E-state index in [1.807, 2.05) is 13.0 Å². The van der Waals surface area contributed by atoms with Gasteiger partial charge in [-0.15, -0.1) is 0 Å². The lowest BCUT2D eigenvalue weighted by Crippen LogP contribution is -2.37. The van der Waals surface area contributed by atoms with E-state index >= 15 is 0 Å². The zero-order valence-electron chi connectivity index (χ0n) is 20.7. The molecule has 1 unspecified atom stereocenters. The van der Waals surface area contributed by atoms with E-state index in [0.29, 0.717) is 12.2 Å². The Morgan fingerprint density at radius 3 is 2.63 bits per heavy atom. The molecule has 38 heavy (non-hydrogen) atoms. The Bertz CT molecular complexity index is 1360. The highest BCUT2D eigenvalue weighted by molar-refractivity contribution is 5.90. The Balaban J connectivity index is 1.54. The lowest BCUT2D eigenvalue weighted by Gasteiger charge is -2.23. The fraction of sp³-hybridized carbons (Fsp3) is 0.417. The normalized spacial score (nSPS) is 20.8. The molecular formula is C24H27N5O9. The van der Waals surface area contributed by atoms with Gasteiger partial charge in [0.25, 0.3) is 11.5 Å². The zero-order valence-corrected chi connectivity index (χ0v) is 20.7. The number of methoxy groups -OCH3 is 1. The molecule has 1 amide bonds. The van der Waals surface area contributed by atoms with Gasteiger partial charge >= 0.3 is 11.9 Å². The highest BCUT2D eigenvalue weighted by atomic mass is 16.6. The van der Waals surface area contributed by atoms with Gasteiger partial charge in [0.1, 0.15) is 11.9 Å². The number of imidazole rings is 1. The first kappa shape index (κ1) is 26.8. The first-order chi connectivity index (χ1) is 18.3. The van der Waals surface area contributed by atoms with Crippen LogP contribution in [-0.2, 0) is 28.6 Å². The van der Waals surface area contributed by atoms with Gasteiger partial charge in [0.05, 0.1) is 25.3 Å². The van der Waals surface area contributed by atoms with Crippen molar-refractivity contribution in [1.82, 2.24) is 19.5 Å². The van der Waals surface area contributed by atoms with Crippen molar-refractivity contribution in [1.29, 1.82) is 0 Å². The number of nitrogens with zero attached hydrogens (tertiary/aromatic N) is 3. The molecule has 1 saturated heterocycles. The number of anilines is 1. The molecule has 0 saturated carbocycles. The van der Waals surface area contributed by atoms with Crippen molar-refractivity contribution < 1.29 is 38.4 Å². The van der Waals surface area contributed by atoms with Crippen LogP contribution in [0.5, 0.6) is 5.75 Å². The van der Waals surface area contributed by atoms with Crippen LogP contribution in [0.15, 0.2) is 41.5 Å². The van der Waals surface area contributed by atoms with E-state index in [0.717, 1.165) is 0 Å². The number of carboxylic acid groups (broad SMARTS) is 1. The second-order valence-electron chi connectivity index (χ2n) is 8.41. The number of hydrogen-bond acceptors (Lipinski definition) is 10. The predicted octanol–water partition coefficient (Wildman–Crippen LogP) is 1.24. The zero-order chi connectivity index (χ0) is 27.2. The molecule has 1 aliphatic rings. The summed E-state index contributed by atoms with van der Waals surface area (Å²) in [4.78, 5) is 59.0. The third-order valence-corrected chi connectivity index (χ3v) is 5.85. The van der Waals surface area contributed by atoms with E-state index in [1.165, 1.54) is 18.0 Å². The number of rotatable bonds is 11. The van der Waals surface area contributed by atoms with Crippen LogP contribution in [0.25, 0.3) is 11.2 Å². The number of para-hydroxylation sites is 1. The maximum absolute atomic E-state index is 12.7. The van der Waals surface area contributed by atoms with Crippen molar-refractivity contribution in [3.8, 4) is 5.75 Å². The molecule has 3 N–H and O–H groups in total. The number of nitrogens with one attached hydrogen (secondary N) is 2. The van der Waals surface area contributed by atoms with Crippen molar-refractivity contribution in [3.63, 3.8) is 0 Å². The standard InChI is InChI=1S/C24H27N5O9/c1-3-14-19(38-17(33)10-9-16(31)32)20(35-2)23(37-14)29-12-25-18-21(29)27-24(28-22(18)34)26-15(30)11-36-13-7-5-4-6-8-13/h4-8,12,14,19-20,23H,3,9-11H2,1-2H3,(H,31,32)(H2,26,27,28,30,34)/t14-,19?,20+,23-/m1/s1. The fourth-order valence-electron chi connectivity index (χ4n) is 4.08. The first-order valence-electron chi connectivity index (χ1n) is 11.8. The molecule has 0 spiro atoms. The van der Waals surface area contributed by atoms with Crippen LogP contribution >= 0.6 is 0 Å². The molecule has 0 aliphatic carbocycles. The molecule has 2 aromatic heterocycles. The summed E-state index contributed by atoms with van der Waals surface area (Å²) < 4.78 is 24.1. The minimum atomic E-state index is -1.12. The largest absolute Gasteiger partial charge is 0.484 e. The maximum Gasteiger partial charge on any atom is 0.306 e. The van der Waals surface area contributed by atoms with Crippen molar-refractivity contribution in [2.45, 2.75) is 50.7 Å². The smallest absolute Gasteiger partial charge is 0.306 e. The second-order valence-corrected chi connectivity index (χ2v) is 8.41. The topological polar surface area (TPSA) is 184 Å². The van der Waals surface area contributed by atoms with Crippen LogP contribution in [0.3, 0.4) is 0 Å². The molecule has 3 heterocycles. The van der Waals surface area contributed by atoms with Crippen molar-refractivity contribution in [3.05, 3.63) is 47.0 Å². The van der Waals surface area contributed by atoms with E-state index in [9.17, 15) is 19.2 Å². The minimum absolute atomic E-state index is 0.00283. The number of amides is 1. The number of esters is 1. The SMILES string of the molecule is CC[C@H]1O[C@@H](n2cnc3c(=O)[nH]c(NC(=O)COc4ccccc4)nc32)[C@@H](OC)C1OC(=O)CCC(=O)O. The first-order valence-corrected chi connectivity index (χ1v) is 11.8. The van der Waals surface area contributed by atoms with Gasteiger partial charge in [-0.25, -0.2) is 4.98 Å². The van der Waals surface area contributed by atoms with Gasteiger partial charge in [0.15, 0.2) is 30.1 Å². The van der Waals surface area contributed by atoms with E-state index in [2.05, 4.69) is 20.3 Å². The number of carbonyl (C=O) groups excluding carboxylic acids is 2. The fourth-order valence-corrected chi connectivity index (χ4v) is 4.08. The molecule has 0 radical (unpaired) electrons. The Hall–Kier alpha value is -4.30. The highest BCUT2D eigenvalue weighted by Crippen LogP contribution is 2.36. The summed E-state index contributed by atoms with van der Waals surface area (Å²) in [7, 11) is 1.41. The maximum atomic E-state index is 12.7. The van der Waals surface area contributed by atoms with Gasteiger partial charge in [-0.3, -0.25) is 34.0 Å². The Morgan fingerprint density at radius 1 is 1.18 bits per heavy atom. The third-order valence-electron chi connectivity index (χ3n) is 5.85. The third kappa shape index (κ3) is 5.98. The quantitative estimate of drug-likeness (QED) is 0.304. The number of fused-ring (bicyclic) bond motifs is 1. The van der Waals surface area contributed by atoms with Crippen LogP contribution in [0.4, 0.5) is 5.95 Å². The summed E-state index contributed by atoms with van der Waals surface area (Å²) >= 11 is 0. The number of aromatic amines is 1. The Labute approximate surface area is 215 Å². The molecule has 4 rings (SSSR count). The van der Waals surface area contributed by atoms with E-state index in [1.54, 1.807) is 24.3 Å². The van der Waals surface area contributed by atoms with E-state index < -0.39 is 47.9 Å². The summed E-state index contributed by atoms with van der Waals surface area (Å²) in [6.07, 6.45) is -1.99. The molecule has 4 atom stereocenters. The van der Waals surface area contributed by atoms with Gasteiger partial charge in [-0.1, -0.05) is 25.1 Å². The summed E-state index contributed by atoms with van der Waals surface area (Å²) in [5.41, 5.74) is -0.492.